The molecule has 0 unspecified atom stereocenters. The maximum absolute atomic E-state index is 12.9. The van der Waals surface area contributed by atoms with Gasteiger partial charge in [0.15, 0.2) is 6.10 Å². The summed E-state index contributed by atoms with van der Waals surface area (Å²) >= 11 is 0. The summed E-state index contributed by atoms with van der Waals surface area (Å²) in [5, 5.41) is 0. The molecular formula is C18H21FN2O4S. The fourth-order valence-electron chi connectivity index (χ4n) is 2.08. The lowest BCUT2D eigenvalue weighted by Gasteiger charge is -2.15. The lowest BCUT2D eigenvalue weighted by Crippen LogP contribution is -2.47. The van der Waals surface area contributed by atoms with Crippen LogP contribution in [0.5, 0.6) is 5.75 Å². The van der Waals surface area contributed by atoms with Crippen LogP contribution in [-0.4, -0.2) is 20.4 Å². The lowest BCUT2D eigenvalue weighted by atomic mass is 10.0. The standard InChI is InChI=1S/C18H21FN2O4S/c1-12(2)14-4-10-17(11-5-14)26(23,24)21-20-18(22)13(3)25-16-8-6-15(19)7-9-16/h4-13,21H,1-3H3,(H,20,22)/t13-/m0/s1. The van der Waals surface area contributed by atoms with E-state index in [0.29, 0.717) is 5.75 Å². The first-order valence-electron chi connectivity index (χ1n) is 8.03. The number of amides is 1. The fraction of sp³-hybridized carbons (Fsp3) is 0.278. The summed E-state index contributed by atoms with van der Waals surface area (Å²) in [6.07, 6.45) is -0.980. The largest absolute Gasteiger partial charge is 0.481 e. The molecule has 140 valence electrons. The molecule has 26 heavy (non-hydrogen) atoms. The topological polar surface area (TPSA) is 84.5 Å². The predicted octanol–water partition coefficient (Wildman–Crippen LogP) is 2.73. The summed E-state index contributed by atoms with van der Waals surface area (Å²) < 4.78 is 42.6. The maximum Gasteiger partial charge on any atom is 0.275 e. The third-order valence-electron chi connectivity index (χ3n) is 3.66. The van der Waals surface area contributed by atoms with Gasteiger partial charge in [0.2, 0.25) is 0 Å². The van der Waals surface area contributed by atoms with Gasteiger partial charge < -0.3 is 4.74 Å². The Kier molecular flexibility index (Phi) is 6.33. The molecule has 6 nitrogen and oxygen atoms in total. The number of hydrazine groups is 1. The highest BCUT2D eigenvalue weighted by molar-refractivity contribution is 7.89. The van der Waals surface area contributed by atoms with Gasteiger partial charge in [-0.1, -0.05) is 26.0 Å². The fourth-order valence-corrected chi connectivity index (χ4v) is 2.93. The molecule has 2 N–H and O–H groups in total. The van der Waals surface area contributed by atoms with E-state index in [1.165, 1.54) is 43.3 Å². The average molecular weight is 380 g/mol. The molecule has 2 aromatic carbocycles. The van der Waals surface area contributed by atoms with E-state index in [1.807, 2.05) is 18.7 Å². The Morgan fingerprint density at radius 1 is 1.00 bits per heavy atom. The van der Waals surface area contributed by atoms with Crippen LogP contribution in [-0.2, 0) is 14.8 Å². The molecule has 0 aliphatic heterocycles. The Bertz CT molecular complexity index is 850. The minimum Gasteiger partial charge on any atom is -0.481 e. The van der Waals surface area contributed by atoms with Crippen molar-refractivity contribution in [1.82, 2.24) is 10.3 Å². The summed E-state index contributed by atoms with van der Waals surface area (Å²) in [5.41, 5.74) is 3.12. The van der Waals surface area contributed by atoms with Gasteiger partial charge in [0, 0.05) is 0 Å². The molecule has 0 fully saturated rings. The van der Waals surface area contributed by atoms with Gasteiger partial charge in [-0.25, -0.2) is 12.8 Å². The van der Waals surface area contributed by atoms with E-state index in [9.17, 15) is 17.6 Å². The van der Waals surface area contributed by atoms with Crippen molar-refractivity contribution < 1.29 is 22.3 Å². The molecule has 2 rings (SSSR count). The van der Waals surface area contributed by atoms with Crippen molar-refractivity contribution >= 4 is 15.9 Å². The van der Waals surface area contributed by atoms with Gasteiger partial charge >= 0.3 is 0 Å². The monoisotopic (exact) mass is 380 g/mol. The number of rotatable bonds is 7. The van der Waals surface area contributed by atoms with E-state index in [-0.39, 0.29) is 10.8 Å². The number of carbonyl (C=O) groups excluding carboxylic acids is 1. The van der Waals surface area contributed by atoms with Crippen LogP contribution >= 0.6 is 0 Å². The SMILES string of the molecule is CC(C)c1ccc(S(=O)(=O)NNC(=O)[C@H](C)Oc2ccc(F)cc2)cc1. The molecule has 0 radical (unpaired) electrons. The Balaban J connectivity index is 1.95. The molecule has 0 aliphatic carbocycles. The van der Waals surface area contributed by atoms with Crippen LogP contribution < -0.4 is 15.0 Å². The first-order chi connectivity index (χ1) is 12.2. The number of sulfonamides is 1. The number of nitrogens with one attached hydrogen (secondary N) is 2. The van der Waals surface area contributed by atoms with Crippen LogP contribution in [0.4, 0.5) is 4.39 Å². The number of hydrogen-bond acceptors (Lipinski definition) is 4. The highest BCUT2D eigenvalue weighted by Gasteiger charge is 2.19. The molecule has 1 amide bonds. The number of benzene rings is 2. The van der Waals surface area contributed by atoms with Crippen LogP contribution in [0.25, 0.3) is 0 Å². The summed E-state index contributed by atoms with van der Waals surface area (Å²) in [6, 6.07) is 11.5. The molecule has 0 spiro atoms. The zero-order valence-corrected chi connectivity index (χ0v) is 15.5. The van der Waals surface area contributed by atoms with Gasteiger partial charge in [0.1, 0.15) is 11.6 Å². The van der Waals surface area contributed by atoms with E-state index in [2.05, 4.69) is 5.43 Å². The van der Waals surface area contributed by atoms with Crippen LogP contribution in [0.15, 0.2) is 53.4 Å². The van der Waals surface area contributed by atoms with Crippen LogP contribution in [0.1, 0.15) is 32.3 Å². The van der Waals surface area contributed by atoms with Crippen molar-refractivity contribution in [2.24, 2.45) is 0 Å². The molecule has 0 heterocycles. The summed E-state index contributed by atoms with van der Waals surface area (Å²) in [5.74, 6) is -0.535. The van der Waals surface area contributed by atoms with E-state index >= 15 is 0 Å². The van der Waals surface area contributed by atoms with Gasteiger partial charge in [-0.3, -0.25) is 10.2 Å². The highest BCUT2D eigenvalue weighted by atomic mass is 32.2. The van der Waals surface area contributed by atoms with Crippen molar-refractivity contribution in [1.29, 1.82) is 0 Å². The van der Waals surface area contributed by atoms with E-state index in [4.69, 9.17) is 4.74 Å². The molecule has 2 aromatic rings. The smallest absolute Gasteiger partial charge is 0.275 e. The quantitative estimate of drug-likeness (QED) is 0.724. The van der Waals surface area contributed by atoms with Gasteiger partial charge in [0.25, 0.3) is 15.9 Å². The molecular weight excluding hydrogens is 359 g/mol. The van der Waals surface area contributed by atoms with Crippen molar-refractivity contribution in [3.63, 3.8) is 0 Å². The second kappa shape index (κ2) is 8.29. The summed E-state index contributed by atoms with van der Waals surface area (Å²) in [6.45, 7) is 5.46. The third kappa shape index (κ3) is 5.27. The van der Waals surface area contributed by atoms with Crippen LogP contribution in [0.3, 0.4) is 0 Å². The highest BCUT2D eigenvalue weighted by Crippen LogP contribution is 2.17. The zero-order chi connectivity index (χ0) is 19.3. The molecule has 1 atom stereocenters. The first kappa shape index (κ1) is 19.9. The van der Waals surface area contributed by atoms with Crippen molar-refractivity contribution in [2.75, 3.05) is 0 Å². The molecule has 8 heteroatoms. The Morgan fingerprint density at radius 2 is 1.58 bits per heavy atom. The van der Waals surface area contributed by atoms with Crippen molar-refractivity contribution in [2.45, 2.75) is 37.7 Å². The lowest BCUT2D eigenvalue weighted by molar-refractivity contribution is -0.127. The Labute approximate surface area is 152 Å². The van der Waals surface area contributed by atoms with Gasteiger partial charge in [-0.15, -0.1) is 4.83 Å². The van der Waals surface area contributed by atoms with Gasteiger partial charge in [-0.05, 0) is 54.8 Å². The normalized spacial score (nSPS) is 12.7. The average Bonchev–Trinajstić information content (AvgIpc) is 2.61. The molecule has 0 aliphatic rings. The minimum absolute atomic E-state index is 0.0364. The molecule has 0 saturated heterocycles. The Morgan fingerprint density at radius 3 is 2.12 bits per heavy atom. The zero-order valence-electron chi connectivity index (χ0n) is 14.7. The van der Waals surface area contributed by atoms with E-state index < -0.39 is 27.9 Å². The number of ether oxygens (including phenoxy) is 1. The van der Waals surface area contributed by atoms with Gasteiger partial charge in [0.05, 0.1) is 4.90 Å². The van der Waals surface area contributed by atoms with Crippen LogP contribution in [0.2, 0.25) is 0 Å². The number of halogens is 1. The third-order valence-corrected chi connectivity index (χ3v) is 4.92. The molecule has 0 saturated carbocycles. The Hall–Kier alpha value is -2.45. The molecule has 0 aromatic heterocycles. The second-order valence-corrected chi connectivity index (χ2v) is 7.71. The van der Waals surface area contributed by atoms with E-state index in [0.717, 1.165) is 5.56 Å². The summed E-state index contributed by atoms with van der Waals surface area (Å²) in [4.78, 5) is 14.1. The van der Waals surface area contributed by atoms with Crippen LogP contribution in [0, 0.1) is 5.82 Å². The second-order valence-electron chi connectivity index (χ2n) is 6.03. The summed E-state index contributed by atoms with van der Waals surface area (Å²) in [7, 11) is -3.90. The van der Waals surface area contributed by atoms with E-state index in [1.54, 1.807) is 12.1 Å². The van der Waals surface area contributed by atoms with Gasteiger partial charge in [-0.2, -0.15) is 0 Å². The maximum atomic E-state index is 12.9. The minimum atomic E-state index is -3.90. The van der Waals surface area contributed by atoms with Crippen molar-refractivity contribution in [3.05, 3.63) is 59.9 Å². The molecule has 0 bridgehead atoms. The van der Waals surface area contributed by atoms with Crippen molar-refractivity contribution in [3.8, 4) is 5.75 Å². The number of hydrogen-bond donors (Lipinski definition) is 2. The number of carbonyl (C=O) groups is 1. The predicted molar refractivity (Wildman–Crippen MR) is 95.5 cm³/mol. The first-order valence-corrected chi connectivity index (χ1v) is 9.51.